The number of benzene rings is 1. The van der Waals surface area contributed by atoms with Crippen molar-refractivity contribution in [1.82, 2.24) is 14.8 Å². The highest BCUT2D eigenvalue weighted by molar-refractivity contribution is 8.13. The molecule has 6 nitrogen and oxygen atoms in total. The molecular weight excluding hydrogens is 302 g/mol. The largest absolute Gasteiger partial charge is 0.497 e. The van der Waals surface area contributed by atoms with Crippen LogP contribution in [0.5, 0.6) is 5.75 Å². The Morgan fingerprint density at radius 3 is 2.55 bits per heavy atom. The second-order valence-electron chi connectivity index (χ2n) is 4.44. The van der Waals surface area contributed by atoms with Crippen LogP contribution in [0.2, 0.25) is 0 Å². The first-order valence-electron chi connectivity index (χ1n) is 5.88. The van der Waals surface area contributed by atoms with Crippen LogP contribution in [0, 0.1) is 0 Å². The van der Waals surface area contributed by atoms with Gasteiger partial charge in [0.15, 0.2) is 5.82 Å². The van der Waals surface area contributed by atoms with Gasteiger partial charge in [-0.15, -0.1) is 10.2 Å². The van der Waals surface area contributed by atoms with E-state index in [0.717, 1.165) is 0 Å². The lowest BCUT2D eigenvalue weighted by Crippen LogP contribution is -2.10. The Morgan fingerprint density at radius 2 is 2.00 bits per heavy atom. The average molecular weight is 316 g/mol. The topological polar surface area (TPSA) is 74.1 Å². The van der Waals surface area contributed by atoms with Crippen LogP contribution in [0.3, 0.4) is 0 Å². The van der Waals surface area contributed by atoms with Gasteiger partial charge in [-0.2, -0.15) is 0 Å². The Hall–Kier alpha value is -1.60. The van der Waals surface area contributed by atoms with Crippen molar-refractivity contribution in [3.8, 4) is 17.1 Å². The smallest absolute Gasteiger partial charge is 0.296 e. The fourth-order valence-electron chi connectivity index (χ4n) is 1.87. The molecule has 1 aromatic heterocycles. The van der Waals surface area contributed by atoms with Crippen LogP contribution in [0.1, 0.15) is 19.9 Å². The Kier molecular flexibility index (Phi) is 4.01. The number of methoxy groups -OCH3 is 1. The maximum atomic E-state index is 11.5. The Morgan fingerprint density at radius 1 is 1.30 bits per heavy atom. The summed E-state index contributed by atoms with van der Waals surface area (Å²) in [6.07, 6.45) is 0. The molecule has 0 radical (unpaired) electrons. The molecule has 2 rings (SSSR count). The first kappa shape index (κ1) is 14.8. The molecule has 0 saturated heterocycles. The molecule has 108 valence electrons. The van der Waals surface area contributed by atoms with E-state index in [4.69, 9.17) is 15.4 Å². The molecular formula is C12H14ClN3O3S. The van der Waals surface area contributed by atoms with Gasteiger partial charge in [0.25, 0.3) is 14.2 Å². The number of nitrogens with zero attached hydrogens (tertiary/aromatic N) is 3. The number of rotatable bonds is 4. The maximum Gasteiger partial charge on any atom is 0.296 e. The van der Waals surface area contributed by atoms with E-state index in [1.54, 1.807) is 31.4 Å². The first-order chi connectivity index (χ1) is 9.34. The number of aromatic nitrogens is 3. The SMILES string of the molecule is COc1cccc(-c2nnc(S(=O)(=O)Cl)n2C(C)C)c1. The first-order valence-corrected chi connectivity index (χ1v) is 8.19. The minimum absolute atomic E-state index is 0.158. The number of halogens is 1. The predicted octanol–water partition coefficient (Wildman–Crippen LogP) is 2.46. The van der Waals surface area contributed by atoms with Crippen molar-refractivity contribution >= 4 is 19.7 Å². The van der Waals surface area contributed by atoms with Crippen molar-refractivity contribution in [3.05, 3.63) is 24.3 Å². The number of hydrogen-bond acceptors (Lipinski definition) is 5. The van der Waals surface area contributed by atoms with Crippen molar-refractivity contribution < 1.29 is 13.2 Å². The molecule has 2 aromatic rings. The van der Waals surface area contributed by atoms with Gasteiger partial charge in [-0.3, -0.25) is 4.57 Å². The van der Waals surface area contributed by atoms with Gasteiger partial charge in [-0.25, -0.2) is 8.42 Å². The van der Waals surface area contributed by atoms with Gasteiger partial charge >= 0.3 is 0 Å². The summed E-state index contributed by atoms with van der Waals surface area (Å²) >= 11 is 0. The van der Waals surface area contributed by atoms with Crippen molar-refractivity contribution in [2.75, 3.05) is 7.11 Å². The number of ether oxygens (including phenoxy) is 1. The van der Waals surface area contributed by atoms with Gasteiger partial charge in [0.2, 0.25) is 0 Å². The van der Waals surface area contributed by atoms with Gasteiger partial charge in [0, 0.05) is 22.3 Å². The lowest BCUT2D eigenvalue weighted by Gasteiger charge is -2.12. The summed E-state index contributed by atoms with van der Waals surface area (Å²) in [5, 5.41) is 7.38. The van der Waals surface area contributed by atoms with E-state index < -0.39 is 9.05 Å². The highest BCUT2D eigenvalue weighted by Gasteiger charge is 2.25. The molecule has 0 fully saturated rings. The summed E-state index contributed by atoms with van der Waals surface area (Å²) in [5.74, 6) is 1.08. The maximum absolute atomic E-state index is 11.5. The zero-order valence-electron chi connectivity index (χ0n) is 11.2. The third-order valence-electron chi connectivity index (χ3n) is 2.73. The predicted molar refractivity (Wildman–Crippen MR) is 75.4 cm³/mol. The molecule has 8 heteroatoms. The minimum Gasteiger partial charge on any atom is -0.497 e. The van der Waals surface area contributed by atoms with Crippen LogP contribution in [-0.2, 0) is 9.05 Å². The second kappa shape index (κ2) is 5.41. The fourth-order valence-corrected chi connectivity index (χ4v) is 2.85. The normalized spacial score (nSPS) is 11.8. The molecule has 0 N–H and O–H groups in total. The van der Waals surface area contributed by atoms with E-state index in [0.29, 0.717) is 17.1 Å². The van der Waals surface area contributed by atoms with Gasteiger partial charge in [-0.1, -0.05) is 12.1 Å². The zero-order chi connectivity index (χ0) is 14.9. The van der Waals surface area contributed by atoms with Crippen LogP contribution in [0.25, 0.3) is 11.4 Å². The lowest BCUT2D eigenvalue weighted by atomic mass is 10.2. The van der Waals surface area contributed by atoms with Crippen molar-refractivity contribution in [3.63, 3.8) is 0 Å². The van der Waals surface area contributed by atoms with E-state index in [1.165, 1.54) is 4.57 Å². The fraction of sp³-hybridized carbons (Fsp3) is 0.333. The van der Waals surface area contributed by atoms with Crippen LogP contribution in [-0.4, -0.2) is 30.3 Å². The molecule has 20 heavy (non-hydrogen) atoms. The molecule has 0 aliphatic carbocycles. The van der Waals surface area contributed by atoms with Gasteiger partial charge in [0.1, 0.15) is 5.75 Å². The highest BCUT2D eigenvalue weighted by Crippen LogP contribution is 2.28. The van der Waals surface area contributed by atoms with Gasteiger partial charge < -0.3 is 4.74 Å². The second-order valence-corrected chi connectivity index (χ2v) is 6.90. The molecule has 0 atom stereocenters. The molecule has 0 saturated carbocycles. The molecule has 0 bridgehead atoms. The van der Waals surface area contributed by atoms with Crippen LogP contribution >= 0.6 is 10.7 Å². The van der Waals surface area contributed by atoms with Crippen LogP contribution in [0.4, 0.5) is 0 Å². The molecule has 0 spiro atoms. The Labute approximate surface area is 121 Å². The van der Waals surface area contributed by atoms with Crippen molar-refractivity contribution in [2.24, 2.45) is 0 Å². The van der Waals surface area contributed by atoms with Crippen LogP contribution < -0.4 is 4.74 Å². The zero-order valence-corrected chi connectivity index (χ0v) is 12.8. The van der Waals surface area contributed by atoms with E-state index in [1.807, 2.05) is 13.8 Å². The average Bonchev–Trinajstić information content (AvgIpc) is 2.83. The van der Waals surface area contributed by atoms with Gasteiger partial charge in [-0.05, 0) is 26.0 Å². The highest BCUT2D eigenvalue weighted by atomic mass is 35.7. The standard InChI is InChI=1S/C12H14ClN3O3S/c1-8(2)16-11(14-15-12(16)20(13,17)18)9-5-4-6-10(7-9)19-3/h4-8H,1-3H3. The quantitative estimate of drug-likeness (QED) is 0.810. The molecule has 1 aromatic carbocycles. The summed E-state index contributed by atoms with van der Waals surface area (Å²) < 4.78 is 29.7. The molecule has 0 aliphatic rings. The third-order valence-corrected chi connectivity index (χ3v) is 3.86. The van der Waals surface area contributed by atoms with E-state index >= 15 is 0 Å². The van der Waals surface area contributed by atoms with E-state index in [2.05, 4.69) is 10.2 Å². The minimum atomic E-state index is -3.95. The third kappa shape index (κ3) is 2.78. The molecule has 0 unspecified atom stereocenters. The molecule has 0 aliphatic heterocycles. The van der Waals surface area contributed by atoms with E-state index in [9.17, 15) is 8.42 Å². The summed E-state index contributed by atoms with van der Waals surface area (Å²) in [5.41, 5.74) is 0.706. The van der Waals surface area contributed by atoms with Crippen LogP contribution in [0.15, 0.2) is 29.4 Å². The lowest BCUT2D eigenvalue weighted by molar-refractivity contribution is 0.415. The Bertz CT molecular complexity index is 725. The monoisotopic (exact) mass is 315 g/mol. The van der Waals surface area contributed by atoms with Gasteiger partial charge in [0.05, 0.1) is 7.11 Å². The van der Waals surface area contributed by atoms with Crippen molar-refractivity contribution in [2.45, 2.75) is 25.0 Å². The summed E-state index contributed by atoms with van der Waals surface area (Å²) in [7, 11) is 3.00. The summed E-state index contributed by atoms with van der Waals surface area (Å²) in [6, 6.07) is 6.99. The van der Waals surface area contributed by atoms with E-state index in [-0.39, 0.29) is 11.2 Å². The Balaban J connectivity index is 2.66. The number of hydrogen-bond donors (Lipinski definition) is 0. The summed E-state index contributed by atoms with van der Waals surface area (Å²) in [4.78, 5) is 0. The van der Waals surface area contributed by atoms with Crippen molar-refractivity contribution in [1.29, 1.82) is 0 Å². The molecule has 1 heterocycles. The summed E-state index contributed by atoms with van der Waals surface area (Å²) in [6.45, 7) is 3.66. The molecule has 0 amide bonds.